The Morgan fingerprint density at radius 3 is 2.27 bits per heavy atom. The first-order chi connectivity index (χ1) is 12.5. The molecular formula is C20H38O6. The molecule has 0 unspecified atom stereocenters. The van der Waals surface area contributed by atoms with Crippen LogP contribution in [0.1, 0.15) is 77.6 Å². The maximum atomic E-state index is 10.4. The molecule has 26 heavy (non-hydrogen) atoms. The Balaban J connectivity index is 1.85. The van der Waals surface area contributed by atoms with Crippen LogP contribution in [0, 0.1) is 5.92 Å². The van der Waals surface area contributed by atoms with Gasteiger partial charge in [0, 0.05) is 32.5 Å². The lowest BCUT2D eigenvalue weighted by molar-refractivity contribution is -0.318. The smallest absolute Gasteiger partial charge is 0.169 e. The molecule has 1 spiro atoms. The minimum Gasteiger partial charge on any atom is -0.396 e. The van der Waals surface area contributed by atoms with Gasteiger partial charge < -0.3 is 29.9 Å². The Morgan fingerprint density at radius 2 is 1.62 bits per heavy atom. The van der Waals surface area contributed by atoms with Crippen molar-refractivity contribution in [3.05, 3.63) is 0 Å². The number of unbranched alkanes of at least 4 members (excludes halogenated alkanes) is 1. The first kappa shape index (κ1) is 22.1. The fraction of sp³-hybridized carbons (Fsp3) is 1.00. The molecule has 0 aromatic rings. The molecule has 0 aromatic heterocycles. The quantitative estimate of drug-likeness (QED) is 0.437. The summed E-state index contributed by atoms with van der Waals surface area (Å²) in [5, 5.41) is 38.6. The second kappa shape index (κ2) is 10.9. The van der Waals surface area contributed by atoms with Crippen LogP contribution >= 0.6 is 0 Å². The van der Waals surface area contributed by atoms with Gasteiger partial charge in [-0.1, -0.05) is 6.92 Å². The molecule has 2 rings (SSSR count). The predicted octanol–water partition coefficient (Wildman–Crippen LogP) is 2.11. The van der Waals surface area contributed by atoms with Crippen LogP contribution in [0.5, 0.6) is 0 Å². The van der Waals surface area contributed by atoms with Gasteiger partial charge in [0.15, 0.2) is 5.79 Å². The molecule has 6 heteroatoms. The van der Waals surface area contributed by atoms with Gasteiger partial charge in [-0.2, -0.15) is 0 Å². The third kappa shape index (κ3) is 6.43. The van der Waals surface area contributed by atoms with Crippen LogP contribution in [0.25, 0.3) is 0 Å². The van der Waals surface area contributed by atoms with Crippen LogP contribution in [-0.4, -0.2) is 63.8 Å². The third-order valence-electron chi connectivity index (χ3n) is 5.93. The lowest BCUT2D eigenvalue weighted by Gasteiger charge is -2.46. The van der Waals surface area contributed by atoms with E-state index in [0.29, 0.717) is 12.8 Å². The molecule has 2 aliphatic heterocycles. The standard InChI is InChI=1S/C20H38O6/c1-15(9-13-22)19(24)18(23)14-17-8-5-11-20(26-17)10-4-7-16(25-20)6-2-3-12-21/h15-19,21-24H,2-14H2,1H3/t15-,16+,17-,18-,19+,20-/m0/s1. The van der Waals surface area contributed by atoms with Gasteiger partial charge in [-0.15, -0.1) is 0 Å². The van der Waals surface area contributed by atoms with Gasteiger partial charge in [-0.3, -0.25) is 0 Å². The highest BCUT2D eigenvalue weighted by molar-refractivity contribution is 4.86. The van der Waals surface area contributed by atoms with E-state index in [0.717, 1.165) is 57.8 Å². The zero-order chi connectivity index (χ0) is 19.0. The van der Waals surface area contributed by atoms with Crippen LogP contribution in [0.15, 0.2) is 0 Å². The number of hydrogen-bond donors (Lipinski definition) is 4. The fourth-order valence-corrected chi connectivity index (χ4v) is 4.33. The Bertz CT molecular complexity index is 388. The van der Waals surface area contributed by atoms with Gasteiger partial charge >= 0.3 is 0 Å². The summed E-state index contributed by atoms with van der Waals surface area (Å²) in [4.78, 5) is 0. The third-order valence-corrected chi connectivity index (χ3v) is 5.93. The molecule has 154 valence electrons. The molecule has 2 heterocycles. The Hall–Kier alpha value is -0.240. The highest BCUT2D eigenvalue weighted by Gasteiger charge is 2.43. The van der Waals surface area contributed by atoms with Crippen molar-refractivity contribution in [2.24, 2.45) is 5.92 Å². The minimum atomic E-state index is -0.847. The molecule has 0 aliphatic carbocycles. The second-order valence-electron chi connectivity index (χ2n) is 8.18. The lowest BCUT2D eigenvalue weighted by Crippen LogP contribution is -2.49. The van der Waals surface area contributed by atoms with E-state index in [9.17, 15) is 10.2 Å². The van der Waals surface area contributed by atoms with Gasteiger partial charge in [0.1, 0.15) is 0 Å². The summed E-state index contributed by atoms with van der Waals surface area (Å²) in [6.45, 7) is 2.08. The average Bonchev–Trinajstić information content (AvgIpc) is 2.61. The number of rotatable bonds is 10. The summed E-state index contributed by atoms with van der Waals surface area (Å²) in [6, 6.07) is 0. The molecule has 0 bridgehead atoms. The van der Waals surface area contributed by atoms with E-state index >= 15 is 0 Å². The second-order valence-corrected chi connectivity index (χ2v) is 8.18. The van der Waals surface area contributed by atoms with Crippen molar-refractivity contribution in [1.82, 2.24) is 0 Å². The van der Waals surface area contributed by atoms with Crippen molar-refractivity contribution < 1.29 is 29.9 Å². The van der Waals surface area contributed by atoms with E-state index in [-0.39, 0.29) is 31.3 Å². The highest BCUT2D eigenvalue weighted by atomic mass is 16.7. The normalized spacial score (nSPS) is 33.1. The van der Waals surface area contributed by atoms with Crippen molar-refractivity contribution in [1.29, 1.82) is 0 Å². The van der Waals surface area contributed by atoms with Crippen LogP contribution in [0.2, 0.25) is 0 Å². The van der Waals surface area contributed by atoms with Gasteiger partial charge in [-0.05, 0) is 57.3 Å². The van der Waals surface area contributed by atoms with Crippen LogP contribution in [-0.2, 0) is 9.47 Å². The maximum Gasteiger partial charge on any atom is 0.169 e. The monoisotopic (exact) mass is 374 g/mol. The number of aliphatic hydroxyl groups excluding tert-OH is 4. The van der Waals surface area contributed by atoms with E-state index in [1.165, 1.54) is 0 Å². The van der Waals surface area contributed by atoms with Crippen LogP contribution in [0.4, 0.5) is 0 Å². The Labute approximate surface area is 157 Å². The molecule has 2 fully saturated rings. The summed E-state index contributed by atoms with van der Waals surface area (Å²) in [5.41, 5.74) is 0. The minimum absolute atomic E-state index is 0.0134. The lowest BCUT2D eigenvalue weighted by atomic mass is 9.88. The van der Waals surface area contributed by atoms with Crippen molar-refractivity contribution >= 4 is 0 Å². The number of ether oxygens (including phenoxy) is 2. The van der Waals surface area contributed by atoms with Gasteiger partial charge in [0.2, 0.25) is 0 Å². The zero-order valence-electron chi connectivity index (χ0n) is 16.2. The van der Waals surface area contributed by atoms with Crippen LogP contribution in [0.3, 0.4) is 0 Å². The van der Waals surface area contributed by atoms with Crippen molar-refractivity contribution in [2.75, 3.05) is 13.2 Å². The van der Waals surface area contributed by atoms with E-state index in [1.807, 2.05) is 6.92 Å². The van der Waals surface area contributed by atoms with Gasteiger partial charge in [0.25, 0.3) is 0 Å². The van der Waals surface area contributed by atoms with E-state index in [1.54, 1.807) is 0 Å². The van der Waals surface area contributed by atoms with Gasteiger partial charge in [-0.25, -0.2) is 0 Å². The van der Waals surface area contributed by atoms with E-state index in [4.69, 9.17) is 19.7 Å². The summed E-state index contributed by atoms with van der Waals surface area (Å²) in [7, 11) is 0. The molecule has 0 aromatic carbocycles. The molecule has 0 amide bonds. The van der Waals surface area contributed by atoms with Crippen LogP contribution < -0.4 is 0 Å². The molecule has 4 N–H and O–H groups in total. The van der Waals surface area contributed by atoms with Crippen molar-refractivity contribution in [3.8, 4) is 0 Å². The average molecular weight is 375 g/mol. The van der Waals surface area contributed by atoms with E-state index in [2.05, 4.69) is 0 Å². The summed E-state index contributed by atoms with van der Waals surface area (Å²) < 4.78 is 12.7. The SMILES string of the molecule is C[C@@H](CCO)[C@@H](O)[C@@H](O)C[C@@H]1CCC[C@]2(CCC[C@@H](CCCCO)O2)O1. The molecule has 0 saturated carbocycles. The molecule has 6 nitrogen and oxygen atoms in total. The zero-order valence-corrected chi connectivity index (χ0v) is 16.2. The first-order valence-electron chi connectivity index (χ1n) is 10.4. The molecular weight excluding hydrogens is 336 g/mol. The Morgan fingerprint density at radius 1 is 0.962 bits per heavy atom. The molecule has 2 saturated heterocycles. The molecule has 6 atom stereocenters. The maximum absolute atomic E-state index is 10.4. The fourth-order valence-electron chi connectivity index (χ4n) is 4.33. The van der Waals surface area contributed by atoms with Gasteiger partial charge in [0.05, 0.1) is 24.4 Å². The predicted molar refractivity (Wildman–Crippen MR) is 98.6 cm³/mol. The number of aliphatic hydroxyl groups is 4. The highest BCUT2D eigenvalue weighted by Crippen LogP contribution is 2.41. The summed E-state index contributed by atoms with van der Waals surface area (Å²) >= 11 is 0. The summed E-state index contributed by atoms with van der Waals surface area (Å²) in [5.74, 6) is -0.679. The summed E-state index contributed by atoms with van der Waals surface area (Å²) in [6.07, 6.45) is 7.78. The topological polar surface area (TPSA) is 99.4 Å². The number of hydrogen-bond acceptors (Lipinski definition) is 6. The first-order valence-corrected chi connectivity index (χ1v) is 10.4. The van der Waals surface area contributed by atoms with Crippen molar-refractivity contribution in [2.45, 2.75) is 108 Å². The largest absolute Gasteiger partial charge is 0.396 e. The van der Waals surface area contributed by atoms with E-state index < -0.39 is 18.0 Å². The van der Waals surface area contributed by atoms with Crippen molar-refractivity contribution in [3.63, 3.8) is 0 Å². The Kier molecular flexibility index (Phi) is 9.27. The molecule has 0 radical (unpaired) electrons. The molecule has 2 aliphatic rings.